The predicted octanol–water partition coefficient (Wildman–Crippen LogP) is 3.03. The van der Waals surface area contributed by atoms with Gasteiger partial charge in [-0.1, -0.05) is 18.2 Å². The molecule has 35 heavy (non-hydrogen) atoms. The fourth-order valence-electron chi connectivity index (χ4n) is 4.36. The van der Waals surface area contributed by atoms with Gasteiger partial charge in [0, 0.05) is 41.4 Å². The minimum atomic E-state index is -0.626. The lowest BCUT2D eigenvalue weighted by Crippen LogP contribution is -2.50. The number of carbonyl (C=O) groups excluding carboxylic acids is 4. The van der Waals surface area contributed by atoms with Gasteiger partial charge < -0.3 is 10.2 Å². The van der Waals surface area contributed by atoms with Crippen molar-refractivity contribution in [1.29, 1.82) is 0 Å². The fraction of sp³-hybridized carbons (Fsp3) is 0.240. The number of urea groups is 1. The Morgan fingerprint density at radius 1 is 1.23 bits per heavy atom. The number of imide groups is 2. The van der Waals surface area contributed by atoms with Crippen LogP contribution in [0, 0.1) is 6.92 Å². The molecule has 1 atom stereocenters. The largest absolute Gasteiger partial charge is 0.361 e. The van der Waals surface area contributed by atoms with E-state index in [2.05, 4.69) is 20.9 Å². The molecule has 1 aromatic carbocycles. The van der Waals surface area contributed by atoms with E-state index >= 15 is 0 Å². The zero-order valence-corrected chi connectivity index (χ0v) is 19.8. The van der Waals surface area contributed by atoms with Gasteiger partial charge in [0.2, 0.25) is 11.8 Å². The minimum Gasteiger partial charge on any atom is -0.361 e. The van der Waals surface area contributed by atoms with Crippen molar-refractivity contribution in [3.63, 3.8) is 0 Å². The fourth-order valence-corrected chi connectivity index (χ4v) is 4.98. The summed E-state index contributed by atoms with van der Waals surface area (Å²) in [7, 11) is 0. The highest BCUT2D eigenvalue weighted by molar-refractivity contribution is 7.09. The minimum absolute atomic E-state index is 0.251. The maximum atomic E-state index is 12.7. The van der Waals surface area contributed by atoms with Gasteiger partial charge in [-0.2, -0.15) is 0 Å². The molecular formula is C25H23N5O4S. The quantitative estimate of drug-likeness (QED) is 0.568. The van der Waals surface area contributed by atoms with Gasteiger partial charge in [0.15, 0.2) is 0 Å². The lowest BCUT2D eigenvalue weighted by Gasteiger charge is -2.29. The molecule has 2 aliphatic heterocycles. The average molecular weight is 490 g/mol. The molecule has 3 aliphatic rings. The highest BCUT2D eigenvalue weighted by Gasteiger charge is 2.34. The van der Waals surface area contributed by atoms with Crippen molar-refractivity contribution in [1.82, 2.24) is 20.5 Å². The van der Waals surface area contributed by atoms with Gasteiger partial charge in [-0.3, -0.25) is 25.0 Å². The highest BCUT2D eigenvalue weighted by Crippen LogP contribution is 2.32. The normalized spacial score (nSPS) is 19.3. The number of nitrogens with zero attached hydrogens (tertiary/aromatic N) is 2. The van der Waals surface area contributed by atoms with Gasteiger partial charge in [0.05, 0.1) is 10.7 Å². The van der Waals surface area contributed by atoms with Crippen LogP contribution in [0.15, 0.2) is 64.7 Å². The first-order chi connectivity index (χ1) is 16.9. The SMILES string of the molecule is Cc1nc(-c2cccc(NC(=O)NC(=O)C3=CCC4=CN(C5CCC(=O)NC5=O)CC4=C3)c2)cs1. The van der Waals surface area contributed by atoms with Crippen molar-refractivity contribution < 1.29 is 19.2 Å². The summed E-state index contributed by atoms with van der Waals surface area (Å²) in [5.74, 6) is -1.05. The monoisotopic (exact) mass is 489 g/mol. The highest BCUT2D eigenvalue weighted by atomic mass is 32.1. The molecule has 178 valence electrons. The van der Waals surface area contributed by atoms with Crippen LogP contribution in [0.1, 0.15) is 24.3 Å². The van der Waals surface area contributed by atoms with Crippen molar-refractivity contribution in [3.05, 3.63) is 69.7 Å². The summed E-state index contributed by atoms with van der Waals surface area (Å²) in [6.07, 6.45) is 6.72. The average Bonchev–Trinajstić information content (AvgIpc) is 3.44. The summed E-state index contributed by atoms with van der Waals surface area (Å²) >= 11 is 1.55. The molecular weight excluding hydrogens is 466 g/mol. The number of benzene rings is 1. The molecule has 0 saturated carbocycles. The van der Waals surface area contributed by atoms with E-state index in [9.17, 15) is 19.2 Å². The van der Waals surface area contributed by atoms with Gasteiger partial charge in [-0.25, -0.2) is 9.78 Å². The van der Waals surface area contributed by atoms with Crippen LogP contribution in [-0.2, 0) is 14.4 Å². The number of carbonyl (C=O) groups is 4. The Morgan fingerprint density at radius 2 is 2.09 bits per heavy atom. The van der Waals surface area contributed by atoms with E-state index in [4.69, 9.17) is 0 Å². The first kappa shape index (κ1) is 22.7. The number of allylic oxidation sites excluding steroid dienone is 1. The summed E-state index contributed by atoms with van der Waals surface area (Å²) < 4.78 is 0. The number of nitrogens with one attached hydrogen (secondary N) is 3. The third kappa shape index (κ3) is 4.92. The number of hydrogen-bond donors (Lipinski definition) is 3. The number of hydrogen-bond acceptors (Lipinski definition) is 7. The molecule has 10 heteroatoms. The van der Waals surface area contributed by atoms with Crippen molar-refractivity contribution >= 4 is 40.8 Å². The van der Waals surface area contributed by atoms with E-state index in [1.165, 1.54) is 0 Å². The maximum absolute atomic E-state index is 12.7. The van der Waals surface area contributed by atoms with Gasteiger partial charge >= 0.3 is 6.03 Å². The van der Waals surface area contributed by atoms with Crippen LogP contribution in [0.25, 0.3) is 11.3 Å². The Hall–Kier alpha value is -4.05. The second-order valence-corrected chi connectivity index (χ2v) is 9.63. The lowest BCUT2D eigenvalue weighted by atomic mass is 9.96. The number of thiazole rings is 1. The predicted molar refractivity (Wildman–Crippen MR) is 131 cm³/mol. The molecule has 0 radical (unpaired) electrons. The third-order valence-corrected chi connectivity index (χ3v) is 6.87. The van der Waals surface area contributed by atoms with Crippen LogP contribution in [0.3, 0.4) is 0 Å². The Kier molecular flexibility index (Phi) is 6.04. The van der Waals surface area contributed by atoms with Crippen LogP contribution in [0.5, 0.6) is 0 Å². The van der Waals surface area contributed by atoms with Gasteiger partial charge in [-0.15, -0.1) is 11.3 Å². The molecule has 0 bridgehead atoms. The number of amides is 5. The van der Waals surface area contributed by atoms with E-state index < -0.39 is 18.0 Å². The molecule has 0 spiro atoms. The third-order valence-electron chi connectivity index (χ3n) is 6.09. The smallest absolute Gasteiger partial charge is 0.326 e. The van der Waals surface area contributed by atoms with Crippen LogP contribution >= 0.6 is 11.3 Å². The number of rotatable bonds is 4. The molecule has 1 unspecified atom stereocenters. The molecule has 3 N–H and O–H groups in total. The number of anilines is 1. The van der Waals surface area contributed by atoms with Gasteiger partial charge in [0.1, 0.15) is 6.04 Å². The maximum Gasteiger partial charge on any atom is 0.326 e. The van der Waals surface area contributed by atoms with Crippen LogP contribution in [0.4, 0.5) is 10.5 Å². The number of fused-ring (bicyclic) bond motifs is 1. The van der Waals surface area contributed by atoms with E-state index in [1.807, 2.05) is 35.5 Å². The first-order valence-electron chi connectivity index (χ1n) is 11.2. The number of aromatic nitrogens is 1. The zero-order chi connectivity index (χ0) is 24.5. The Bertz CT molecular complexity index is 1340. The molecule has 5 amide bonds. The Morgan fingerprint density at radius 3 is 2.86 bits per heavy atom. The number of piperidine rings is 1. The van der Waals surface area contributed by atoms with E-state index in [0.29, 0.717) is 37.1 Å². The van der Waals surface area contributed by atoms with Crippen molar-refractivity contribution in [2.24, 2.45) is 0 Å². The van der Waals surface area contributed by atoms with E-state index in [0.717, 1.165) is 27.4 Å². The van der Waals surface area contributed by atoms with E-state index in [-0.39, 0.29) is 11.8 Å². The summed E-state index contributed by atoms with van der Waals surface area (Å²) in [6, 6.07) is 6.25. The molecule has 1 aromatic heterocycles. The van der Waals surface area contributed by atoms with Crippen LogP contribution in [0.2, 0.25) is 0 Å². The molecule has 9 nitrogen and oxygen atoms in total. The molecule has 1 saturated heterocycles. The summed E-state index contributed by atoms with van der Waals surface area (Å²) in [5.41, 5.74) is 4.59. The summed E-state index contributed by atoms with van der Waals surface area (Å²) in [5, 5.41) is 10.4. The molecule has 2 aromatic rings. The van der Waals surface area contributed by atoms with Crippen LogP contribution < -0.4 is 16.0 Å². The molecule has 3 heterocycles. The summed E-state index contributed by atoms with van der Waals surface area (Å²) in [6.45, 7) is 2.41. The summed E-state index contributed by atoms with van der Waals surface area (Å²) in [4.78, 5) is 55.2. The van der Waals surface area contributed by atoms with E-state index in [1.54, 1.807) is 35.6 Å². The Labute approximate surface area is 205 Å². The van der Waals surface area contributed by atoms with Crippen molar-refractivity contribution in [3.8, 4) is 11.3 Å². The van der Waals surface area contributed by atoms with Gasteiger partial charge in [-0.05, 0) is 49.1 Å². The van der Waals surface area contributed by atoms with Crippen LogP contribution in [-0.4, -0.2) is 46.2 Å². The van der Waals surface area contributed by atoms with Gasteiger partial charge in [0.25, 0.3) is 5.91 Å². The zero-order valence-electron chi connectivity index (χ0n) is 19.0. The molecule has 1 fully saturated rings. The topological polar surface area (TPSA) is 120 Å². The standard InChI is InChI=1S/C25H23N5O4S/c1-14-26-20(13-35-14)15-3-2-4-19(10-15)27-25(34)29-23(32)16-5-6-17-11-30(12-18(17)9-16)21-7-8-22(31)28-24(21)33/h2-5,9-11,13,21H,6-8,12H2,1H3,(H,28,31,33)(H2,27,29,32,34). The lowest BCUT2D eigenvalue weighted by molar-refractivity contribution is -0.136. The van der Waals surface area contributed by atoms with Crippen molar-refractivity contribution in [2.75, 3.05) is 11.9 Å². The molecule has 5 rings (SSSR count). The number of aryl methyl sites for hydroxylation is 1. The first-order valence-corrected chi connectivity index (χ1v) is 12.1. The second-order valence-electron chi connectivity index (χ2n) is 8.57. The second kappa shape index (κ2) is 9.30. The Balaban J connectivity index is 1.19. The molecule has 1 aliphatic carbocycles. The van der Waals surface area contributed by atoms with Crippen molar-refractivity contribution in [2.45, 2.75) is 32.2 Å².